The monoisotopic (exact) mass is 353 g/mol. The third-order valence-electron chi connectivity index (χ3n) is 4.21. The Morgan fingerprint density at radius 3 is 2.08 bits per heavy atom. The Bertz CT molecular complexity index is 988. The van der Waals surface area contributed by atoms with Crippen molar-refractivity contribution in [3.8, 4) is 11.1 Å². The molecule has 0 spiro atoms. The lowest BCUT2D eigenvalue weighted by Gasteiger charge is -2.12. The van der Waals surface area contributed by atoms with Crippen LogP contribution in [0.15, 0.2) is 48.7 Å². The Morgan fingerprint density at radius 2 is 1.50 bits per heavy atom. The van der Waals surface area contributed by atoms with Crippen LogP contribution in [-0.2, 0) is 0 Å². The minimum atomic E-state index is -0.306. The van der Waals surface area contributed by atoms with Gasteiger partial charge in [-0.1, -0.05) is 24.3 Å². The number of fused-ring (bicyclic) bond motifs is 1. The molecule has 5 nitrogen and oxygen atoms in total. The maximum atomic E-state index is 13.2. The first-order valence-electron chi connectivity index (χ1n) is 8.14. The number of amides is 2. The molecule has 0 fully saturated rings. The van der Waals surface area contributed by atoms with E-state index in [1.165, 1.54) is 26.5 Å². The third-order valence-corrected chi connectivity index (χ3v) is 4.21. The van der Waals surface area contributed by atoms with Crippen molar-refractivity contribution in [1.29, 1.82) is 0 Å². The molecule has 0 N–H and O–H groups in total. The van der Waals surface area contributed by atoms with E-state index in [0.29, 0.717) is 16.5 Å². The van der Waals surface area contributed by atoms with Crippen LogP contribution < -0.4 is 0 Å². The Morgan fingerprint density at radius 1 is 0.885 bits per heavy atom. The summed E-state index contributed by atoms with van der Waals surface area (Å²) in [6.45, 7) is 0. The average molecular weight is 353 g/mol. The van der Waals surface area contributed by atoms with Gasteiger partial charge in [-0.25, -0.2) is 9.18 Å². The molecule has 1 aromatic heterocycles. The summed E-state index contributed by atoms with van der Waals surface area (Å²) >= 11 is 0. The van der Waals surface area contributed by atoms with E-state index in [0.717, 1.165) is 11.1 Å². The van der Waals surface area contributed by atoms with Crippen molar-refractivity contribution < 1.29 is 14.0 Å². The van der Waals surface area contributed by atoms with Crippen molar-refractivity contribution >= 4 is 22.8 Å². The zero-order chi connectivity index (χ0) is 19.0. The molecular weight excluding hydrogens is 333 g/mol. The number of hydrogen-bond donors (Lipinski definition) is 0. The van der Waals surface area contributed by atoms with Crippen molar-refractivity contribution in [2.45, 2.75) is 0 Å². The number of halogens is 1. The molecule has 6 heteroatoms. The normalized spacial score (nSPS) is 10.8. The number of carbonyl (C=O) groups excluding carboxylic acids is 2. The van der Waals surface area contributed by atoms with E-state index < -0.39 is 0 Å². The van der Waals surface area contributed by atoms with E-state index in [4.69, 9.17) is 0 Å². The van der Waals surface area contributed by atoms with Gasteiger partial charge in [0.05, 0.1) is 11.1 Å². The average Bonchev–Trinajstić information content (AvgIpc) is 2.99. The fraction of sp³-hybridized carbons (Fsp3) is 0.200. The van der Waals surface area contributed by atoms with Gasteiger partial charge in [-0.3, -0.25) is 9.36 Å². The fourth-order valence-electron chi connectivity index (χ4n) is 2.83. The van der Waals surface area contributed by atoms with Crippen molar-refractivity contribution in [2.24, 2.45) is 0 Å². The second-order valence-corrected chi connectivity index (χ2v) is 6.53. The highest BCUT2D eigenvalue weighted by molar-refractivity contribution is 6.09. The van der Waals surface area contributed by atoms with Gasteiger partial charge in [-0.05, 0) is 29.3 Å². The van der Waals surface area contributed by atoms with E-state index in [1.54, 1.807) is 46.5 Å². The summed E-state index contributed by atoms with van der Waals surface area (Å²) in [5.74, 6) is -0.477. The lowest BCUT2D eigenvalue weighted by Crippen LogP contribution is -2.27. The summed E-state index contributed by atoms with van der Waals surface area (Å²) in [5, 5.41) is 0.699. The topological polar surface area (TPSA) is 45.6 Å². The molecule has 0 radical (unpaired) electrons. The molecule has 0 unspecified atom stereocenters. The van der Waals surface area contributed by atoms with Crippen LogP contribution in [0.2, 0.25) is 0 Å². The second-order valence-electron chi connectivity index (χ2n) is 6.53. The van der Waals surface area contributed by atoms with Crippen molar-refractivity contribution in [1.82, 2.24) is 14.4 Å². The summed E-state index contributed by atoms with van der Waals surface area (Å²) in [7, 11) is 6.66. The summed E-state index contributed by atoms with van der Waals surface area (Å²) < 4.78 is 14.7. The zero-order valence-corrected chi connectivity index (χ0v) is 15.2. The Balaban J connectivity index is 2.23. The molecule has 1 heterocycles. The van der Waals surface area contributed by atoms with Crippen molar-refractivity contribution in [3.63, 3.8) is 0 Å². The van der Waals surface area contributed by atoms with Gasteiger partial charge in [-0.2, -0.15) is 0 Å². The smallest absolute Gasteiger partial charge is 0.328 e. The lowest BCUT2D eigenvalue weighted by atomic mass is 10.0. The van der Waals surface area contributed by atoms with Gasteiger partial charge >= 0.3 is 6.03 Å². The first-order chi connectivity index (χ1) is 12.3. The van der Waals surface area contributed by atoms with Crippen LogP contribution in [0, 0.1) is 5.82 Å². The van der Waals surface area contributed by atoms with E-state index in [1.807, 2.05) is 18.2 Å². The third kappa shape index (κ3) is 3.06. The molecule has 0 saturated heterocycles. The molecule has 26 heavy (non-hydrogen) atoms. The Hall–Kier alpha value is -3.15. The van der Waals surface area contributed by atoms with Crippen LogP contribution in [0.25, 0.3) is 22.0 Å². The summed E-state index contributed by atoms with van der Waals surface area (Å²) in [6.07, 6.45) is 1.57. The largest absolute Gasteiger partial charge is 0.345 e. The van der Waals surface area contributed by atoms with Crippen molar-refractivity contribution in [3.05, 3.63) is 60.0 Å². The van der Waals surface area contributed by atoms with Crippen LogP contribution in [-0.4, -0.2) is 54.5 Å². The number of benzene rings is 2. The predicted molar refractivity (Wildman–Crippen MR) is 99.8 cm³/mol. The van der Waals surface area contributed by atoms with Crippen LogP contribution >= 0.6 is 0 Å². The first kappa shape index (κ1) is 17.7. The highest BCUT2D eigenvalue weighted by atomic mass is 19.1. The number of nitrogens with zero attached hydrogens (tertiary/aromatic N) is 3. The van der Waals surface area contributed by atoms with Gasteiger partial charge in [0, 0.05) is 39.8 Å². The van der Waals surface area contributed by atoms with Crippen LogP contribution in [0.5, 0.6) is 0 Å². The lowest BCUT2D eigenvalue weighted by molar-refractivity contribution is 0.0829. The molecule has 0 atom stereocenters. The Kier molecular flexibility index (Phi) is 4.50. The molecule has 134 valence electrons. The maximum absolute atomic E-state index is 13.2. The molecule has 3 aromatic rings. The van der Waals surface area contributed by atoms with Crippen molar-refractivity contribution in [2.75, 3.05) is 28.2 Å². The van der Waals surface area contributed by atoms with E-state index in [9.17, 15) is 14.0 Å². The molecule has 0 aliphatic carbocycles. The summed E-state index contributed by atoms with van der Waals surface area (Å²) in [5.41, 5.74) is 2.77. The van der Waals surface area contributed by atoms with Gasteiger partial charge < -0.3 is 9.80 Å². The summed E-state index contributed by atoms with van der Waals surface area (Å²) in [6, 6.07) is 11.4. The predicted octanol–water partition coefficient (Wildman–Crippen LogP) is 3.68. The second kappa shape index (κ2) is 6.63. The molecule has 0 saturated carbocycles. The number of hydrogen-bond acceptors (Lipinski definition) is 2. The molecule has 0 aliphatic heterocycles. The fourth-order valence-corrected chi connectivity index (χ4v) is 2.83. The Labute approximate surface area is 151 Å². The molecule has 0 bridgehead atoms. The van der Waals surface area contributed by atoms with Gasteiger partial charge in [0.1, 0.15) is 5.82 Å². The summed E-state index contributed by atoms with van der Waals surface area (Å²) in [4.78, 5) is 28.0. The maximum Gasteiger partial charge on any atom is 0.328 e. The van der Waals surface area contributed by atoms with E-state index >= 15 is 0 Å². The van der Waals surface area contributed by atoms with E-state index in [-0.39, 0.29) is 17.8 Å². The molecular formula is C20H20FN3O2. The molecule has 3 rings (SSSR count). The standard InChI is InChI=1S/C20H20FN3O2/c1-22(2)19(25)17-12-24(20(26)23(3)4)18-11-14(7-10-16(17)18)13-5-8-15(21)9-6-13/h5-12H,1-4H3. The van der Waals surface area contributed by atoms with Gasteiger partial charge in [0.15, 0.2) is 0 Å². The highest BCUT2D eigenvalue weighted by Crippen LogP contribution is 2.29. The number of aromatic nitrogens is 1. The molecule has 2 aromatic carbocycles. The van der Waals surface area contributed by atoms with Crippen LogP contribution in [0.1, 0.15) is 10.4 Å². The molecule has 2 amide bonds. The minimum absolute atomic E-state index is 0.171. The number of carbonyl (C=O) groups is 2. The van der Waals surface area contributed by atoms with Crippen LogP contribution in [0.4, 0.5) is 9.18 Å². The van der Waals surface area contributed by atoms with Gasteiger partial charge in [-0.15, -0.1) is 0 Å². The van der Waals surface area contributed by atoms with Gasteiger partial charge in [0.25, 0.3) is 5.91 Å². The van der Waals surface area contributed by atoms with Gasteiger partial charge in [0.2, 0.25) is 0 Å². The van der Waals surface area contributed by atoms with Crippen LogP contribution in [0.3, 0.4) is 0 Å². The quantitative estimate of drug-likeness (QED) is 0.705. The highest BCUT2D eigenvalue weighted by Gasteiger charge is 2.20. The van der Waals surface area contributed by atoms with E-state index in [2.05, 4.69) is 0 Å². The first-order valence-corrected chi connectivity index (χ1v) is 8.14. The zero-order valence-electron chi connectivity index (χ0n) is 15.2. The SMILES string of the molecule is CN(C)C(=O)c1cn(C(=O)N(C)C)c2cc(-c3ccc(F)cc3)ccc12. The minimum Gasteiger partial charge on any atom is -0.345 e. The molecule has 0 aliphatic rings. The number of rotatable bonds is 2.